The van der Waals surface area contributed by atoms with Gasteiger partial charge < -0.3 is 9.47 Å². The second-order valence-corrected chi connectivity index (χ2v) is 13.9. The standard InChI is InChI=1S/C26H40N2O6S/c1-24(2,3)33-22(31)18(15-17(29)14-16-12-10-9-11-13-16)27-20(30)19-21(27)35-26(7,8)28(19)23(32)34-25(4,5)6/h15-16,19,21H,9-14H2,1-8H3. The second kappa shape index (κ2) is 9.79. The van der Waals surface area contributed by atoms with Gasteiger partial charge in [0, 0.05) is 12.5 Å². The summed E-state index contributed by atoms with van der Waals surface area (Å²) in [5.74, 6) is -1.01. The number of fused-ring (bicyclic) bond motifs is 1. The average Bonchev–Trinajstić information content (AvgIpc) is 2.93. The maximum Gasteiger partial charge on any atom is 0.412 e. The maximum absolute atomic E-state index is 13.4. The Hall–Kier alpha value is -2.03. The summed E-state index contributed by atoms with van der Waals surface area (Å²) in [7, 11) is 0. The summed E-state index contributed by atoms with van der Waals surface area (Å²) >= 11 is 1.39. The van der Waals surface area contributed by atoms with E-state index >= 15 is 0 Å². The van der Waals surface area contributed by atoms with E-state index in [1.807, 2.05) is 13.8 Å². The zero-order chi connectivity index (χ0) is 26.3. The van der Waals surface area contributed by atoms with E-state index in [2.05, 4.69) is 0 Å². The highest BCUT2D eigenvalue weighted by molar-refractivity contribution is 8.01. The Kier molecular flexibility index (Phi) is 7.71. The van der Waals surface area contributed by atoms with Crippen molar-refractivity contribution in [3.63, 3.8) is 0 Å². The fraction of sp³-hybridized carbons (Fsp3) is 0.769. The monoisotopic (exact) mass is 508 g/mol. The molecular weight excluding hydrogens is 468 g/mol. The van der Waals surface area contributed by atoms with E-state index in [9.17, 15) is 19.2 Å². The molecule has 0 bridgehead atoms. The number of hydrogen-bond acceptors (Lipinski definition) is 7. The van der Waals surface area contributed by atoms with Crippen molar-refractivity contribution in [2.45, 2.75) is 121 Å². The first-order valence-corrected chi connectivity index (χ1v) is 13.4. The number of rotatable bonds is 5. The predicted octanol–water partition coefficient (Wildman–Crippen LogP) is 5.01. The fourth-order valence-electron chi connectivity index (χ4n) is 4.84. The van der Waals surface area contributed by atoms with Crippen molar-refractivity contribution in [2.24, 2.45) is 5.92 Å². The lowest BCUT2D eigenvalue weighted by atomic mass is 9.85. The molecule has 3 aliphatic rings. The molecule has 0 aromatic heterocycles. The van der Waals surface area contributed by atoms with Gasteiger partial charge >= 0.3 is 12.1 Å². The van der Waals surface area contributed by atoms with Gasteiger partial charge in [0.1, 0.15) is 28.3 Å². The Labute approximate surface area is 213 Å². The van der Waals surface area contributed by atoms with Gasteiger partial charge in [-0.15, -0.1) is 11.8 Å². The molecule has 0 aromatic rings. The number of allylic oxidation sites excluding steroid dienone is 1. The number of esters is 1. The van der Waals surface area contributed by atoms with Crippen LogP contribution in [0, 0.1) is 5.92 Å². The molecule has 2 heterocycles. The highest BCUT2D eigenvalue weighted by atomic mass is 32.2. The van der Waals surface area contributed by atoms with Crippen molar-refractivity contribution >= 4 is 35.5 Å². The van der Waals surface area contributed by atoms with Crippen molar-refractivity contribution in [1.29, 1.82) is 0 Å². The topological polar surface area (TPSA) is 93.2 Å². The normalized spacial score (nSPS) is 25.1. The lowest BCUT2D eigenvalue weighted by Gasteiger charge is -2.45. The molecule has 2 amide bonds. The molecule has 3 fully saturated rings. The van der Waals surface area contributed by atoms with Crippen LogP contribution in [0.1, 0.15) is 93.9 Å². The third-order valence-electron chi connectivity index (χ3n) is 6.25. The third-order valence-corrected chi connectivity index (χ3v) is 7.74. The van der Waals surface area contributed by atoms with Crippen LogP contribution in [-0.2, 0) is 23.9 Å². The summed E-state index contributed by atoms with van der Waals surface area (Å²) in [6, 6.07) is -0.774. The van der Waals surface area contributed by atoms with Gasteiger partial charge in [0.05, 0.1) is 4.87 Å². The van der Waals surface area contributed by atoms with Gasteiger partial charge in [0.25, 0.3) is 5.91 Å². The molecule has 1 saturated carbocycles. The number of thioether (sulfide) groups is 1. The predicted molar refractivity (Wildman–Crippen MR) is 134 cm³/mol. The fourth-order valence-corrected chi connectivity index (χ4v) is 6.42. The molecule has 2 aliphatic heterocycles. The molecule has 8 nitrogen and oxygen atoms in total. The number of amides is 2. The SMILES string of the molecule is CC(C)(C)OC(=O)C(=CC(=O)CC1CCCCC1)N1C(=O)C2C1SC(C)(C)N2C(=O)OC(C)(C)C. The van der Waals surface area contributed by atoms with Gasteiger partial charge in [0.2, 0.25) is 0 Å². The highest BCUT2D eigenvalue weighted by Crippen LogP contribution is 2.52. The molecule has 196 valence electrons. The Bertz CT molecular complexity index is 908. The van der Waals surface area contributed by atoms with Gasteiger partial charge in [-0.05, 0) is 61.3 Å². The molecule has 0 spiro atoms. The molecule has 2 unspecified atom stereocenters. The van der Waals surface area contributed by atoms with E-state index in [0.29, 0.717) is 12.3 Å². The van der Waals surface area contributed by atoms with E-state index in [1.165, 1.54) is 34.1 Å². The van der Waals surface area contributed by atoms with Crippen LogP contribution in [-0.4, -0.2) is 61.0 Å². The number of likely N-dealkylation sites (tertiary alicyclic amines) is 1. The van der Waals surface area contributed by atoms with Crippen molar-refractivity contribution in [3.05, 3.63) is 11.8 Å². The second-order valence-electron chi connectivity index (χ2n) is 12.2. The van der Waals surface area contributed by atoms with Crippen LogP contribution in [0.15, 0.2) is 11.8 Å². The number of ether oxygens (including phenoxy) is 2. The molecule has 35 heavy (non-hydrogen) atoms. The smallest absolute Gasteiger partial charge is 0.412 e. The molecule has 9 heteroatoms. The quantitative estimate of drug-likeness (QED) is 0.293. The summed E-state index contributed by atoms with van der Waals surface area (Å²) in [6.07, 6.45) is 6.48. The molecule has 1 aliphatic carbocycles. The first kappa shape index (κ1) is 27.6. The number of carbonyl (C=O) groups is 4. The first-order valence-electron chi connectivity index (χ1n) is 12.5. The third kappa shape index (κ3) is 6.40. The minimum atomic E-state index is -0.791. The summed E-state index contributed by atoms with van der Waals surface area (Å²) in [4.78, 5) is 54.5. The number of ketones is 1. The molecule has 0 aromatic carbocycles. The summed E-state index contributed by atoms with van der Waals surface area (Å²) in [6.45, 7) is 14.2. The van der Waals surface area contributed by atoms with Crippen LogP contribution < -0.4 is 0 Å². The van der Waals surface area contributed by atoms with Crippen LogP contribution in [0.5, 0.6) is 0 Å². The molecular formula is C26H40N2O6S. The zero-order valence-electron chi connectivity index (χ0n) is 22.3. The van der Waals surface area contributed by atoms with Crippen LogP contribution in [0.4, 0.5) is 4.79 Å². The molecule has 0 radical (unpaired) electrons. The number of carbonyl (C=O) groups excluding carboxylic acids is 4. The van der Waals surface area contributed by atoms with E-state index in [4.69, 9.17) is 9.47 Å². The largest absolute Gasteiger partial charge is 0.455 e. The van der Waals surface area contributed by atoms with E-state index in [1.54, 1.807) is 41.5 Å². The van der Waals surface area contributed by atoms with Gasteiger partial charge in [-0.2, -0.15) is 0 Å². The van der Waals surface area contributed by atoms with Crippen LogP contribution >= 0.6 is 11.8 Å². The molecule has 3 rings (SSSR count). The van der Waals surface area contributed by atoms with Crippen LogP contribution in [0.3, 0.4) is 0 Å². The minimum absolute atomic E-state index is 0.0543. The summed E-state index contributed by atoms with van der Waals surface area (Å²) < 4.78 is 11.1. The maximum atomic E-state index is 13.4. The summed E-state index contributed by atoms with van der Waals surface area (Å²) in [5, 5.41) is -0.508. The van der Waals surface area contributed by atoms with Crippen molar-refractivity contribution in [1.82, 2.24) is 9.80 Å². The molecule has 2 saturated heterocycles. The number of nitrogens with zero attached hydrogens (tertiary/aromatic N) is 2. The Morgan fingerprint density at radius 3 is 2.11 bits per heavy atom. The van der Waals surface area contributed by atoms with E-state index < -0.39 is 45.5 Å². The van der Waals surface area contributed by atoms with E-state index in [0.717, 1.165) is 25.7 Å². The van der Waals surface area contributed by atoms with Crippen molar-refractivity contribution < 1.29 is 28.7 Å². The van der Waals surface area contributed by atoms with Gasteiger partial charge in [0.15, 0.2) is 5.78 Å². The molecule has 0 N–H and O–H groups in total. The van der Waals surface area contributed by atoms with Crippen LogP contribution in [0.2, 0.25) is 0 Å². The van der Waals surface area contributed by atoms with Gasteiger partial charge in [-0.1, -0.05) is 32.1 Å². The Morgan fingerprint density at radius 2 is 1.57 bits per heavy atom. The van der Waals surface area contributed by atoms with Crippen LogP contribution in [0.25, 0.3) is 0 Å². The zero-order valence-corrected chi connectivity index (χ0v) is 23.1. The van der Waals surface area contributed by atoms with E-state index in [-0.39, 0.29) is 11.5 Å². The number of hydrogen-bond donors (Lipinski definition) is 0. The highest BCUT2D eigenvalue weighted by Gasteiger charge is 2.65. The number of β-lactam (4-membered cyclic amide) rings is 1. The Morgan fingerprint density at radius 1 is 1.00 bits per heavy atom. The van der Waals surface area contributed by atoms with Crippen molar-refractivity contribution in [2.75, 3.05) is 0 Å². The minimum Gasteiger partial charge on any atom is -0.455 e. The molecule has 2 atom stereocenters. The van der Waals surface area contributed by atoms with Gasteiger partial charge in [-0.3, -0.25) is 19.4 Å². The lowest BCUT2D eigenvalue weighted by molar-refractivity contribution is -0.160. The summed E-state index contributed by atoms with van der Waals surface area (Å²) in [5.41, 5.74) is -1.56. The first-order chi connectivity index (χ1) is 16.0. The lowest BCUT2D eigenvalue weighted by Crippen LogP contribution is -2.67. The average molecular weight is 509 g/mol. The van der Waals surface area contributed by atoms with Crippen molar-refractivity contribution in [3.8, 4) is 0 Å². The van der Waals surface area contributed by atoms with Gasteiger partial charge in [-0.25, -0.2) is 9.59 Å². The Balaban J connectivity index is 1.87.